The van der Waals surface area contributed by atoms with E-state index in [9.17, 15) is 13.2 Å². The highest BCUT2D eigenvalue weighted by Crippen LogP contribution is 2.38. The first kappa shape index (κ1) is 25.5. The molecule has 2 aromatic heterocycles. The fourth-order valence-electron chi connectivity index (χ4n) is 4.68. The summed E-state index contributed by atoms with van der Waals surface area (Å²) in [6.45, 7) is 7.27. The van der Waals surface area contributed by atoms with Crippen molar-refractivity contribution in [2.75, 3.05) is 17.2 Å². The van der Waals surface area contributed by atoms with Crippen molar-refractivity contribution >= 4 is 27.6 Å². The van der Waals surface area contributed by atoms with Gasteiger partial charge in [0.25, 0.3) is 15.9 Å². The van der Waals surface area contributed by atoms with Gasteiger partial charge in [-0.15, -0.1) is 0 Å². The molecule has 5 N–H and O–H groups in total. The van der Waals surface area contributed by atoms with Crippen molar-refractivity contribution in [1.82, 2.24) is 14.7 Å². The number of hydrogen-bond donors (Lipinski definition) is 3. The molecule has 1 aliphatic rings. The lowest BCUT2D eigenvalue weighted by molar-refractivity contribution is 0.0981. The molecule has 1 amide bonds. The van der Waals surface area contributed by atoms with Crippen molar-refractivity contribution in [3.8, 4) is 11.3 Å². The summed E-state index contributed by atoms with van der Waals surface area (Å²) in [6.07, 6.45) is 2.28. The summed E-state index contributed by atoms with van der Waals surface area (Å²) >= 11 is 0. The average molecular weight is 511 g/mol. The van der Waals surface area contributed by atoms with Crippen molar-refractivity contribution in [3.05, 3.63) is 65.9 Å². The van der Waals surface area contributed by atoms with Crippen LogP contribution in [-0.2, 0) is 21.5 Å². The van der Waals surface area contributed by atoms with Crippen molar-refractivity contribution in [2.24, 2.45) is 11.8 Å². The van der Waals surface area contributed by atoms with Crippen LogP contribution in [0.1, 0.15) is 43.1 Å². The second-order valence-corrected chi connectivity index (χ2v) is 11.3. The normalized spacial score (nSPS) is 17.2. The number of sulfonamides is 1. The molecular formula is C25H30N6O4S. The van der Waals surface area contributed by atoms with Crippen LogP contribution in [0.5, 0.6) is 0 Å². The predicted molar refractivity (Wildman–Crippen MR) is 137 cm³/mol. The van der Waals surface area contributed by atoms with Crippen molar-refractivity contribution in [2.45, 2.75) is 44.2 Å². The second kappa shape index (κ2) is 9.84. The van der Waals surface area contributed by atoms with Crippen molar-refractivity contribution in [1.29, 1.82) is 0 Å². The van der Waals surface area contributed by atoms with Gasteiger partial charge in [0.2, 0.25) is 0 Å². The van der Waals surface area contributed by atoms with E-state index in [1.54, 1.807) is 12.1 Å². The van der Waals surface area contributed by atoms with E-state index in [4.69, 9.17) is 16.6 Å². The fourth-order valence-corrected chi connectivity index (χ4v) is 5.73. The number of amides is 1. The molecule has 0 spiro atoms. The van der Waals surface area contributed by atoms with Crippen LogP contribution in [0, 0.1) is 5.92 Å². The molecule has 0 aliphatic carbocycles. The van der Waals surface area contributed by atoms with E-state index in [1.165, 1.54) is 18.3 Å². The lowest BCUT2D eigenvalue weighted by Gasteiger charge is -2.34. The van der Waals surface area contributed by atoms with Crippen LogP contribution in [0.15, 0.2) is 59.6 Å². The molecule has 36 heavy (non-hydrogen) atoms. The molecule has 11 heteroatoms. The SMILES string of the molecule is C[C@@H]1CN(c2nc(-c3ccc(CON)cc3)ccc2C(=O)NS(=O)(=O)c2cccnc2N)C(C)(C)C1. The van der Waals surface area contributed by atoms with Crippen LogP contribution < -0.4 is 21.3 Å². The molecule has 0 unspecified atom stereocenters. The number of aromatic nitrogens is 2. The Morgan fingerprint density at radius 1 is 1.19 bits per heavy atom. The zero-order valence-electron chi connectivity index (χ0n) is 20.4. The molecule has 1 atom stereocenters. The minimum absolute atomic E-state index is 0.153. The maximum atomic E-state index is 13.3. The van der Waals surface area contributed by atoms with Crippen LogP contribution in [0.25, 0.3) is 11.3 Å². The number of carbonyl (C=O) groups is 1. The van der Waals surface area contributed by atoms with Crippen molar-refractivity contribution in [3.63, 3.8) is 0 Å². The average Bonchev–Trinajstić information content (AvgIpc) is 3.11. The van der Waals surface area contributed by atoms with Crippen LogP contribution >= 0.6 is 0 Å². The van der Waals surface area contributed by atoms with Gasteiger partial charge in [-0.25, -0.2) is 29.0 Å². The molecule has 10 nitrogen and oxygen atoms in total. The fraction of sp³-hybridized carbons (Fsp3) is 0.320. The first-order valence-corrected chi connectivity index (χ1v) is 13.0. The summed E-state index contributed by atoms with van der Waals surface area (Å²) < 4.78 is 28.0. The van der Waals surface area contributed by atoms with Gasteiger partial charge in [0.15, 0.2) is 0 Å². The predicted octanol–water partition coefficient (Wildman–Crippen LogP) is 2.86. The largest absolute Gasteiger partial charge is 0.383 e. The Morgan fingerprint density at radius 3 is 2.53 bits per heavy atom. The third-order valence-corrected chi connectivity index (χ3v) is 7.64. The summed E-state index contributed by atoms with van der Waals surface area (Å²) in [7, 11) is -4.25. The van der Waals surface area contributed by atoms with Gasteiger partial charge in [-0.3, -0.25) is 9.63 Å². The summed E-state index contributed by atoms with van der Waals surface area (Å²) in [6, 6.07) is 13.6. The van der Waals surface area contributed by atoms with Gasteiger partial charge in [-0.2, -0.15) is 0 Å². The zero-order valence-corrected chi connectivity index (χ0v) is 21.2. The van der Waals surface area contributed by atoms with E-state index in [2.05, 4.69) is 40.2 Å². The monoisotopic (exact) mass is 510 g/mol. The Labute approximate surface area is 210 Å². The van der Waals surface area contributed by atoms with Crippen molar-refractivity contribution < 1.29 is 18.0 Å². The highest BCUT2D eigenvalue weighted by Gasteiger charge is 2.39. The van der Waals surface area contributed by atoms with Gasteiger partial charge in [-0.05, 0) is 56.0 Å². The van der Waals surface area contributed by atoms with Gasteiger partial charge in [0, 0.05) is 23.8 Å². The van der Waals surface area contributed by atoms with E-state index in [-0.39, 0.29) is 28.4 Å². The molecule has 190 valence electrons. The van der Waals surface area contributed by atoms with Gasteiger partial charge in [0.1, 0.15) is 16.5 Å². The van der Waals surface area contributed by atoms with E-state index < -0.39 is 15.9 Å². The van der Waals surface area contributed by atoms with Gasteiger partial charge in [0.05, 0.1) is 17.9 Å². The topological polar surface area (TPSA) is 154 Å². The number of benzene rings is 1. The summed E-state index contributed by atoms with van der Waals surface area (Å²) in [4.78, 5) is 28.5. The first-order chi connectivity index (χ1) is 17.0. The molecule has 3 heterocycles. The maximum Gasteiger partial charge on any atom is 0.268 e. The molecule has 4 rings (SSSR count). The third-order valence-electron chi connectivity index (χ3n) is 6.26. The maximum absolute atomic E-state index is 13.3. The number of carbonyl (C=O) groups excluding carboxylic acids is 1. The summed E-state index contributed by atoms with van der Waals surface area (Å²) in [5.74, 6) is 4.97. The smallest absolute Gasteiger partial charge is 0.268 e. The highest BCUT2D eigenvalue weighted by molar-refractivity contribution is 7.90. The number of nitrogens with zero attached hydrogens (tertiary/aromatic N) is 3. The molecule has 1 aromatic carbocycles. The quantitative estimate of drug-likeness (QED) is 0.407. The molecular weight excluding hydrogens is 480 g/mol. The van der Waals surface area contributed by atoms with E-state index >= 15 is 0 Å². The number of nitrogens with two attached hydrogens (primary N) is 2. The molecule has 3 aromatic rings. The Kier molecular flexibility index (Phi) is 6.98. The molecule has 0 radical (unpaired) electrons. The van der Waals surface area contributed by atoms with Crippen LogP contribution in [0.2, 0.25) is 0 Å². The van der Waals surface area contributed by atoms with Gasteiger partial charge >= 0.3 is 0 Å². The molecule has 0 saturated carbocycles. The Morgan fingerprint density at radius 2 is 1.92 bits per heavy atom. The number of nitrogens with one attached hydrogen (secondary N) is 1. The standard InChI is InChI=1S/C25H30N6O4S/c1-16-13-25(2,3)31(14-16)23-19(24(32)30-36(33,34)21-5-4-12-28-22(21)26)10-11-20(29-23)18-8-6-17(7-9-18)15-35-27/h4-12,16H,13-15,27H2,1-3H3,(H2,26,28)(H,30,32)/t16-/m0/s1. The van der Waals surface area contributed by atoms with E-state index in [0.29, 0.717) is 24.0 Å². The third kappa shape index (κ3) is 5.18. The molecule has 0 bridgehead atoms. The number of pyridine rings is 2. The van der Waals surface area contributed by atoms with Gasteiger partial charge in [-0.1, -0.05) is 31.2 Å². The summed E-state index contributed by atoms with van der Waals surface area (Å²) in [5.41, 5.74) is 8.00. The van der Waals surface area contributed by atoms with Crippen LogP contribution in [0.4, 0.5) is 11.6 Å². The second-order valence-electron chi connectivity index (χ2n) is 9.63. The Hall–Kier alpha value is -3.54. The number of nitrogen functional groups attached to an aromatic ring is 1. The van der Waals surface area contributed by atoms with E-state index in [0.717, 1.165) is 17.5 Å². The molecule has 1 fully saturated rings. The molecule has 1 aliphatic heterocycles. The highest BCUT2D eigenvalue weighted by atomic mass is 32.2. The number of anilines is 2. The lowest BCUT2D eigenvalue weighted by atomic mass is 9.97. The lowest BCUT2D eigenvalue weighted by Crippen LogP contribution is -2.41. The minimum Gasteiger partial charge on any atom is -0.383 e. The number of hydrogen-bond acceptors (Lipinski definition) is 9. The minimum atomic E-state index is -4.25. The zero-order chi connectivity index (χ0) is 26.1. The Bertz CT molecular complexity index is 1380. The first-order valence-electron chi connectivity index (χ1n) is 11.5. The number of rotatable bonds is 7. The van der Waals surface area contributed by atoms with E-state index in [1.807, 2.05) is 24.3 Å². The van der Waals surface area contributed by atoms with Crippen LogP contribution in [0.3, 0.4) is 0 Å². The molecule has 1 saturated heterocycles. The summed E-state index contributed by atoms with van der Waals surface area (Å²) in [5, 5.41) is 0. The van der Waals surface area contributed by atoms with Gasteiger partial charge < -0.3 is 10.6 Å². The Balaban J connectivity index is 1.75. The van der Waals surface area contributed by atoms with Crippen LogP contribution in [-0.4, -0.2) is 36.4 Å².